The fraction of sp³-hybridized carbons (Fsp3) is 0.700. The number of hydrogen-bond acceptors (Lipinski definition) is 5. The molecule has 1 amide bonds. The van der Waals surface area contributed by atoms with E-state index in [1.54, 1.807) is 6.92 Å². The van der Waals surface area contributed by atoms with Gasteiger partial charge in [0.1, 0.15) is 0 Å². The van der Waals surface area contributed by atoms with E-state index in [4.69, 9.17) is 4.55 Å². The Kier molecular flexibility index (Phi) is 33.7. The highest BCUT2D eigenvalue weighted by atomic mass is 32.3. The number of hydrogen-bond donors (Lipinski definition) is 2. The molecule has 10 N–H and O–H groups in total. The molecular formula is C10H30N2O9S. The zero-order chi connectivity index (χ0) is 14.8. The number of carbonyl (C=O) groups excluding carboxylic acids is 1. The smallest absolute Gasteiger partial charge is 0.397 e. The van der Waals surface area contributed by atoms with Crippen LogP contribution in [0.3, 0.4) is 0 Å². The van der Waals surface area contributed by atoms with E-state index in [1.807, 2.05) is 14.1 Å². The van der Waals surface area contributed by atoms with Crippen LogP contribution in [-0.4, -0.2) is 80.0 Å². The van der Waals surface area contributed by atoms with Gasteiger partial charge in [-0.1, -0.05) is 6.58 Å². The van der Waals surface area contributed by atoms with Crippen molar-refractivity contribution in [2.75, 3.05) is 34.3 Å². The Hall–Kier alpha value is -1.12. The first-order chi connectivity index (χ1) is 8.10. The van der Waals surface area contributed by atoms with Gasteiger partial charge in [0.25, 0.3) is 0 Å². The van der Waals surface area contributed by atoms with E-state index >= 15 is 0 Å². The fourth-order valence-electron chi connectivity index (χ4n) is 0.748. The molecule has 0 aliphatic rings. The SMILES string of the molecule is C=C(C)C(=O)NCCCN(C)C.COS(=O)(=O)O.O.O.O.O. The standard InChI is InChI=1S/C9H18N2O.CH4O4S.4H2O/c1-8(2)9(12)10-6-5-7-11(3)4;1-5-6(2,3)4;;;;/h1,5-7H2,2-4H3,(H,10,12);1H3,(H,2,3,4);4*1H2. The first-order valence-electron chi connectivity index (χ1n) is 5.21. The Morgan fingerprint density at radius 1 is 1.23 bits per heavy atom. The summed E-state index contributed by atoms with van der Waals surface area (Å²) in [5.74, 6) is -0.0474. The van der Waals surface area contributed by atoms with Crippen LogP contribution in [0.15, 0.2) is 12.2 Å². The van der Waals surface area contributed by atoms with Gasteiger partial charge in [-0.2, -0.15) is 8.42 Å². The van der Waals surface area contributed by atoms with Crippen molar-refractivity contribution in [1.82, 2.24) is 10.2 Å². The lowest BCUT2D eigenvalue weighted by Crippen LogP contribution is -2.27. The Bertz CT molecular complexity index is 357. The van der Waals surface area contributed by atoms with Crippen molar-refractivity contribution in [3.05, 3.63) is 12.2 Å². The zero-order valence-corrected chi connectivity index (χ0v) is 14.1. The third kappa shape index (κ3) is 36.4. The molecule has 140 valence electrons. The van der Waals surface area contributed by atoms with E-state index in [-0.39, 0.29) is 27.8 Å². The van der Waals surface area contributed by atoms with Crippen LogP contribution >= 0.6 is 0 Å². The number of nitrogens with zero attached hydrogens (tertiary/aromatic N) is 1. The van der Waals surface area contributed by atoms with Gasteiger partial charge in [-0.05, 0) is 34.0 Å². The normalized spacial score (nSPS) is 8.64. The molecule has 0 aliphatic heterocycles. The van der Waals surface area contributed by atoms with E-state index in [1.165, 1.54) is 0 Å². The van der Waals surface area contributed by atoms with Gasteiger partial charge < -0.3 is 32.1 Å². The van der Waals surface area contributed by atoms with Gasteiger partial charge in [0.2, 0.25) is 5.91 Å². The second-order valence-corrected chi connectivity index (χ2v) is 4.98. The third-order valence-electron chi connectivity index (χ3n) is 1.67. The van der Waals surface area contributed by atoms with Crippen LogP contribution in [0, 0.1) is 0 Å². The average Bonchev–Trinajstić information content (AvgIpc) is 2.23. The maximum Gasteiger partial charge on any atom is 0.397 e. The molecule has 0 heterocycles. The molecule has 0 spiro atoms. The van der Waals surface area contributed by atoms with Crippen molar-refractivity contribution in [3.63, 3.8) is 0 Å². The summed E-state index contributed by atoms with van der Waals surface area (Å²) in [5, 5.41) is 2.77. The maximum atomic E-state index is 11.0. The molecule has 0 atom stereocenters. The minimum Gasteiger partial charge on any atom is -0.412 e. The van der Waals surface area contributed by atoms with Crippen LogP contribution in [0.4, 0.5) is 0 Å². The first kappa shape index (κ1) is 37.3. The first-order valence-corrected chi connectivity index (χ1v) is 6.58. The van der Waals surface area contributed by atoms with Crippen LogP contribution in [0.25, 0.3) is 0 Å². The van der Waals surface area contributed by atoms with E-state index < -0.39 is 10.4 Å². The summed E-state index contributed by atoms with van der Waals surface area (Å²) in [4.78, 5) is 13.1. The van der Waals surface area contributed by atoms with Gasteiger partial charge in [-0.25, -0.2) is 0 Å². The van der Waals surface area contributed by atoms with Crippen molar-refractivity contribution >= 4 is 16.3 Å². The van der Waals surface area contributed by atoms with Crippen LogP contribution in [0.5, 0.6) is 0 Å². The molecule has 0 aromatic heterocycles. The predicted molar refractivity (Wildman–Crippen MR) is 84.0 cm³/mol. The monoisotopic (exact) mass is 354 g/mol. The van der Waals surface area contributed by atoms with E-state index in [9.17, 15) is 13.2 Å². The highest BCUT2D eigenvalue weighted by Gasteiger charge is 1.99. The van der Waals surface area contributed by atoms with Crippen molar-refractivity contribution in [2.45, 2.75) is 13.3 Å². The van der Waals surface area contributed by atoms with Crippen LogP contribution in [0.1, 0.15) is 13.3 Å². The molecule has 0 bridgehead atoms. The molecule has 12 heteroatoms. The van der Waals surface area contributed by atoms with Gasteiger partial charge in [-0.3, -0.25) is 13.5 Å². The molecular weight excluding hydrogens is 324 g/mol. The third-order valence-corrected chi connectivity index (χ3v) is 2.09. The van der Waals surface area contributed by atoms with E-state index in [0.29, 0.717) is 5.57 Å². The summed E-state index contributed by atoms with van der Waals surface area (Å²) < 4.78 is 29.7. The van der Waals surface area contributed by atoms with Gasteiger partial charge in [0.05, 0.1) is 7.11 Å². The Morgan fingerprint density at radius 3 is 1.82 bits per heavy atom. The second kappa shape index (κ2) is 19.9. The number of carbonyl (C=O) groups is 1. The summed E-state index contributed by atoms with van der Waals surface area (Å²) in [7, 11) is 0.737. The van der Waals surface area contributed by atoms with Crippen LogP contribution in [-0.2, 0) is 19.4 Å². The highest BCUT2D eigenvalue weighted by molar-refractivity contribution is 7.80. The van der Waals surface area contributed by atoms with Crippen LogP contribution in [0.2, 0.25) is 0 Å². The number of nitrogens with one attached hydrogen (secondary N) is 1. The van der Waals surface area contributed by atoms with Gasteiger partial charge in [0.15, 0.2) is 0 Å². The topological polar surface area (TPSA) is 222 Å². The molecule has 0 aromatic rings. The average molecular weight is 354 g/mol. The Morgan fingerprint density at radius 2 is 1.59 bits per heavy atom. The molecule has 0 saturated heterocycles. The summed E-state index contributed by atoms with van der Waals surface area (Å²) in [6.07, 6.45) is 0.978. The second-order valence-electron chi connectivity index (χ2n) is 3.79. The highest BCUT2D eigenvalue weighted by Crippen LogP contribution is 1.86. The van der Waals surface area contributed by atoms with Crippen molar-refractivity contribution in [1.29, 1.82) is 0 Å². The lowest BCUT2D eigenvalue weighted by Gasteiger charge is -2.09. The minimum absolute atomic E-state index is 0. The van der Waals surface area contributed by atoms with Crippen molar-refractivity contribution in [2.24, 2.45) is 0 Å². The Labute approximate surface area is 131 Å². The molecule has 0 aromatic carbocycles. The molecule has 0 radical (unpaired) electrons. The summed E-state index contributed by atoms with van der Waals surface area (Å²) >= 11 is 0. The summed E-state index contributed by atoms with van der Waals surface area (Å²) in [6, 6.07) is 0. The quantitative estimate of drug-likeness (QED) is 0.283. The van der Waals surface area contributed by atoms with Gasteiger partial charge in [-0.15, -0.1) is 0 Å². The van der Waals surface area contributed by atoms with Gasteiger partial charge >= 0.3 is 10.4 Å². The molecule has 0 aliphatic carbocycles. The van der Waals surface area contributed by atoms with Crippen LogP contribution < -0.4 is 5.32 Å². The lowest BCUT2D eigenvalue weighted by atomic mass is 10.3. The summed E-state index contributed by atoms with van der Waals surface area (Å²) in [5.41, 5.74) is 0.569. The molecule has 0 unspecified atom stereocenters. The molecule has 0 fully saturated rings. The molecule has 0 rings (SSSR count). The number of amides is 1. The van der Waals surface area contributed by atoms with Gasteiger partial charge in [0, 0.05) is 12.1 Å². The van der Waals surface area contributed by atoms with Crippen molar-refractivity contribution < 1.29 is 43.9 Å². The molecule has 0 saturated carbocycles. The van der Waals surface area contributed by atoms with Crippen molar-refractivity contribution in [3.8, 4) is 0 Å². The lowest BCUT2D eigenvalue weighted by molar-refractivity contribution is -0.117. The predicted octanol–water partition coefficient (Wildman–Crippen LogP) is -3.23. The molecule has 11 nitrogen and oxygen atoms in total. The number of rotatable bonds is 6. The van der Waals surface area contributed by atoms with E-state index in [2.05, 4.69) is 21.0 Å². The minimum atomic E-state index is -4.16. The fourth-order valence-corrected chi connectivity index (χ4v) is 0.748. The largest absolute Gasteiger partial charge is 0.412 e. The maximum absolute atomic E-state index is 11.0. The summed E-state index contributed by atoms with van der Waals surface area (Å²) in [6.45, 7) is 6.98. The Balaban J connectivity index is -0.0000000565. The molecule has 22 heavy (non-hydrogen) atoms. The van der Waals surface area contributed by atoms with E-state index in [0.717, 1.165) is 26.6 Å². The zero-order valence-electron chi connectivity index (χ0n) is 13.3.